The topological polar surface area (TPSA) is 53.0 Å². The van der Waals surface area contributed by atoms with Crippen molar-refractivity contribution in [3.05, 3.63) is 41.2 Å². The lowest BCUT2D eigenvalue weighted by Gasteiger charge is -2.04. The number of benzene rings is 1. The summed E-state index contributed by atoms with van der Waals surface area (Å²) < 4.78 is 26.5. The molecule has 0 amide bonds. The van der Waals surface area contributed by atoms with E-state index in [0.29, 0.717) is 10.8 Å². The maximum Gasteiger partial charge on any atom is 0.262 e. The first-order valence-corrected chi connectivity index (χ1v) is 3.86. The number of nitrogens with zero attached hydrogens (tertiary/aromatic N) is 1. The Balaban J connectivity index is 3.02. The van der Waals surface area contributed by atoms with Crippen LogP contribution < -0.4 is 10.5 Å². The van der Waals surface area contributed by atoms with Crippen LogP contribution in [0.25, 0.3) is 10.9 Å². The van der Waals surface area contributed by atoms with Crippen LogP contribution in [0.4, 0.5) is 14.5 Å². The minimum Gasteiger partial charge on any atom is -0.618 e. The Bertz CT molecular complexity index is 514. The maximum absolute atomic E-state index is 13.2. The number of fused-ring (bicyclic) bond motifs is 1. The first-order chi connectivity index (χ1) is 6.61. The molecule has 0 bridgehead atoms. The van der Waals surface area contributed by atoms with Crippen LogP contribution in [0.3, 0.4) is 0 Å². The van der Waals surface area contributed by atoms with Crippen molar-refractivity contribution >= 4 is 16.6 Å². The van der Waals surface area contributed by atoms with Gasteiger partial charge in [-0.3, -0.25) is 0 Å². The summed E-state index contributed by atoms with van der Waals surface area (Å²) in [7, 11) is 0. The van der Waals surface area contributed by atoms with Gasteiger partial charge in [0.1, 0.15) is 5.82 Å². The predicted molar refractivity (Wildman–Crippen MR) is 47.2 cm³/mol. The van der Waals surface area contributed by atoms with Gasteiger partial charge in [0.05, 0.1) is 11.1 Å². The second-order valence-electron chi connectivity index (χ2n) is 2.85. The molecule has 2 rings (SSSR count). The minimum atomic E-state index is -0.915. The summed E-state index contributed by atoms with van der Waals surface area (Å²) in [5, 5.41) is 11.2. The first-order valence-electron chi connectivity index (χ1n) is 3.86. The van der Waals surface area contributed by atoms with E-state index >= 15 is 0 Å². The molecule has 0 atom stereocenters. The summed E-state index contributed by atoms with van der Waals surface area (Å²) in [5.74, 6) is -1.77. The highest BCUT2D eigenvalue weighted by Crippen LogP contribution is 2.23. The zero-order valence-electron chi connectivity index (χ0n) is 7.00. The average molecular weight is 196 g/mol. The summed E-state index contributed by atoms with van der Waals surface area (Å²) in [5.41, 5.74) is 4.90. The predicted octanol–water partition coefficient (Wildman–Crippen LogP) is 1.33. The number of halogens is 2. The van der Waals surface area contributed by atoms with Crippen LogP contribution >= 0.6 is 0 Å². The van der Waals surface area contributed by atoms with Gasteiger partial charge in [0, 0.05) is 12.1 Å². The largest absolute Gasteiger partial charge is 0.618 e. The van der Waals surface area contributed by atoms with Crippen LogP contribution in [0, 0.1) is 16.8 Å². The van der Waals surface area contributed by atoms with Gasteiger partial charge in [0.15, 0.2) is 12.0 Å². The third-order valence-electron chi connectivity index (χ3n) is 1.99. The van der Waals surface area contributed by atoms with Gasteiger partial charge in [-0.15, -0.1) is 0 Å². The smallest absolute Gasteiger partial charge is 0.262 e. The molecule has 1 aromatic carbocycles. The molecule has 0 spiro atoms. The number of nitrogen functional groups attached to an aromatic ring is 1. The Morgan fingerprint density at radius 2 is 2.00 bits per heavy atom. The van der Waals surface area contributed by atoms with Crippen molar-refractivity contribution in [2.75, 3.05) is 5.73 Å². The Morgan fingerprint density at radius 3 is 2.71 bits per heavy atom. The number of hydrogen-bond acceptors (Lipinski definition) is 2. The minimum absolute atomic E-state index is 0.0833. The van der Waals surface area contributed by atoms with Crippen LogP contribution in [0.2, 0.25) is 0 Å². The molecule has 0 aliphatic carbocycles. The van der Waals surface area contributed by atoms with Crippen LogP contribution in [0.1, 0.15) is 0 Å². The molecule has 5 heteroatoms. The second kappa shape index (κ2) is 2.80. The van der Waals surface area contributed by atoms with Crippen LogP contribution in [0.15, 0.2) is 24.4 Å². The first kappa shape index (κ1) is 8.68. The Hall–Kier alpha value is -1.91. The molecule has 0 saturated carbocycles. The molecule has 0 fully saturated rings. The van der Waals surface area contributed by atoms with Crippen LogP contribution in [0.5, 0.6) is 0 Å². The SMILES string of the molecule is Nc1c(F)cc(F)c2c1ccc[n+]2[O-]. The van der Waals surface area contributed by atoms with Gasteiger partial charge in [-0.2, -0.15) is 9.12 Å². The van der Waals surface area contributed by atoms with Crippen molar-refractivity contribution in [3.8, 4) is 0 Å². The fourth-order valence-electron chi connectivity index (χ4n) is 1.33. The normalized spacial score (nSPS) is 10.7. The van der Waals surface area contributed by atoms with E-state index in [-0.39, 0.29) is 16.6 Å². The van der Waals surface area contributed by atoms with Gasteiger partial charge in [-0.25, -0.2) is 4.39 Å². The van der Waals surface area contributed by atoms with E-state index in [1.807, 2.05) is 0 Å². The highest BCUT2D eigenvalue weighted by Gasteiger charge is 2.16. The molecule has 1 aromatic heterocycles. The third-order valence-corrected chi connectivity index (χ3v) is 1.99. The van der Waals surface area contributed by atoms with E-state index < -0.39 is 11.6 Å². The van der Waals surface area contributed by atoms with E-state index in [4.69, 9.17) is 5.73 Å². The molecule has 0 saturated heterocycles. The summed E-state index contributed by atoms with van der Waals surface area (Å²) in [6, 6.07) is 3.38. The lowest BCUT2D eigenvalue weighted by Crippen LogP contribution is -2.27. The lowest BCUT2D eigenvalue weighted by molar-refractivity contribution is -0.578. The summed E-state index contributed by atoms with van der Waals surface area (Å²) in [4.78, 5) is 0. The van der Waals surface area contributed by atoms with E-state index in [2.05, 4.69) is 0 Å². The number of anilines is 1. The summed E-state index contributed by atoms with van der Waals surface area (Å²) >= 11 is 0. The van der Waals surface area contributed by atoms with E-state index in [9.17, 15) is 14.0 Å². The molecule has 2 N–H and O–H groups in total. The molecule has 1 heterocycles. The maximum atomic E-state index is 13.2. The van der Waals surface area contributed by atoms with Gasteiger partial charge in [-0.05, 0) is 6.07 Å². The standard InChI is InChI=1S/C9H6F2N2O/c10-6-4-7(11)9-5(8(6)12)2-1-3-13(9)14/h1-4H,12H2. The molecular weight excluding hydrogens is 190 g/mol. The molecule has 14 heavy (non-hydrogen) atoms. The third kappa shape index (κ3) is 1.06. The molecule has 0 aliphatic heterocycles. The Kier molecular flexibility index (Phi) is 1.73. The summed E-state index contributed by atoms with van der Waals surface area (Å²) in [6.45, 7) is 0. The van der Waals surface area contributed by atoms with E-state index in [1.54, 1.807) is 0 Å². The number of pyridine rings is 1. The monoisotopic (exact) mass is 196 g/mol. The van der Waals surface area contributed by atoms with Crippen molar-refractivity contribution < 1.29 is 13.5 Å². The van der Waals surface area contributed by atoms with Gasteiger partial charge < -0.3 is 10.9 Å². The quantitative estimate of drug-likeness (QED) is 0.392. The molecular formula is C9H6F2N2O. The molecule has 0 radical (unpaired) electrons. The second-order valence-corrected chi connectivity index (χ2v) is 2.85. The zero-order valence-corrected chi connectivity index (χ0v) is 7.00. The summed E-state index contributed by atoms with van der Waals surface area (Å²) in [6.07, 6.45) is 1.13. The molecule has 3 nitrogen and oxygen atoms in total. The van der Waals surface area contributed by atoms with Crippen LogP contribution in [-0.2, 0) is 0 Å². The van der Waals surface area contributed by atoms with E-state index in [1.165, 1.54) is 12.1 Å². The van der Waals surface area contributed by atoms with Gasteiger partial charge in [0.2, 0.25) is 0 Å². The van der Waals surface area contributed by atoms with Crippen LogP contribution in [-0.4, -0.2) is 0 Å². The van der Waals surface area contributed by atoms with Crippen molar-refractivity contribution in [2.24, 2.45) is 0 Å². The van der Waals surface area contributed by atoms with Crippen molar-refractivity contribution in [1.82, 2.24) is 0 Å². The fourth-order valence-corrected chi connectivity index (χ4v) is 1.33. The highest BCUT2D eigenvalue weighted by molar-refractivity contribution is 5.88. The molecule has 2 aromatic rings. The van der Waals surface area contributed by atoms with Gasteiger partial charge in [0.25, 0.3) is 5.52 Å². The van der Waals surface area contributed by atoms with Crippen molar-refractivity contribution in [1.29, 1.82) is 0 Å². The van der Waals surface area contributed by atoms with Crippen molar-refractivity contribution in [3.63, 3.8) is 0 Å². The van der Waals surface area contributed by atoms with Gasteiger partial charge >= 0.3 is 0 Å². The number of rotatable bonds is 0. The Labute approximate surface area is 78.0 Å². The van der Waals surface area contributed by atoms with Crippen molar-refractivity contribution in [2.45, 2.75) is 0 Å². The molecule has 0 unspecified atom stereocenters. The average Bonchev–Trinajstić information content (AvgIpc) is 2.14. The number of nitrogens with two attached hydrogens (primary N) is 1. The highest BCUT2D eigenvalue weighted by atomic mass is 19.1. The van der Waals surface area contributed by atoms with Gasteiger partial charge in [-0.1, -0.05) is 0 Å². The number of aromatic nitrogens is 1. The lowest BCUT2D eigenvalue weighted by atomic mass is 10.1. The zero-order chi connectivity index (χ0) is 10.3. The number of hydrogen-bond donors (Lipinski definition) is 1. The Morgan fingerprint density at radius 1 is 1.29 bits per heavy atom. The molecule has 0 aliphatic rings. The fraction of sp³-hybridized carbons (Fsp3) is 0. The molecule has 72 valence electrons. The van der Waals surface area contributed by atoms with E-state index in [0.717, 1.165) is 6.20 Å².